The quantitative estimate of drug-likeness (QED) is 0.385. The van der Waals surface area contributed by atoms with Crippen LogP contribution in [0.4, 0.5) is 0 Å². The van der Waals surface area contributed by atoms with Crippen molar-refractivity contribution < 1.29 is 58.0 Å². The predicted octanol–water partition coefficient (Wildman–Crippen LogP) is 0.779. The van der Waals surface area contributed by atoms with E-state index in [1.165, 1.54) is 0 Å². The Hall–Kier alpha value is 0.240. The van der Waals surface area contributed by atoms with Crippen LogP contribution in [0, 0.1) is 34.5 Å². The Morgan fingerprint density at radius 2 is 1.86 bits per heavy atom. The molecule has 4 aliphatic rings. The molecule has 0 aromatic carbocycles. The van der Waals surface area contributed by atoms with E-state index in [4.69, 9.17) is 4.55 Å². The molecule has 2 N–H and O–H groups in total. The van der Waals surface area contributed by atoms with Gasteiger partial charge in [0, 0.05) is 12.8 Å². The van der Waals surface area contributed by atoms with Crippen molar-refractivity contribution >= 4 is 16.2 Å². The van der Waals surface area contributed by atoms with Crippen molar-refractivity contribution in [2.24, 2.45) is 34.5 Å². The number of fused-ring (bicyclic) bond motifs is 5. The van der Waals surface area contributed by atoms with Crippen molar-refractivity contribution in [1.29, 1.82) is 0 Å². The summed E-state index contributed by atoms with van der Waals surface area (Å²) in [6.45, 7) is 6.24. The van der Waals surface area contributed by atoms with E-state index < -0.39 is 16.2 Å². The third-order valence-electron chi connectivity index (χ3n) is 8.91. The number of aliphatic hydroxyl groups is 1. The van der Waals surface area contributed by atoms with Crippen LogP contribution in [-0.4, -0.2) is 29.6 Å². The van der Waals surface area contributed by atoms with Crippen molar-refractivity contribution in [2.75, 3.05) is 0 Å². The summed E-state index contributed by atoms with van der Waals surface area (Å²) in [5.74, 6) is 0.136. The number of carbonyl (C=O) groups is 1. The van der Waals surface area contributed by atoms with Gasteiger partial charge in [-0.15, -0.1) is 0 Å². The van der Waals surface area contributed by atoms with Gasteiger partial charge in [0.1, 0.15) is 0 Å². The molecule has 0 aromatic heterocycles. The molecule has 0 aromatic rings. The summed E-state index contributed by atoms with van der Waals surface area (Å²) in [6, 6.07) is 0. The second-order valence-electron chi connectivity index (χ2n) is 10.2. The Labute approximate surface area is 197 Å². The zero-order chi connectivity index (χ0) is 20.5. The molecule has 4 aliphatic carbocycles. The Bertz CT molecular complexity index is 831. The maximum atomic E-state index is 12.2. The predicted molar refractivity (Wildman–Crippen MR) is 105 cm³/mol. The molecule has 1 unspecified atom stereocenters. The Balaban J connectivity index is 0.00000160. The molecule has 0 saturated heterocycles. The Morgan fingerprint density at radius 3 is 2.48 bits per heavy atom. The zero-order valence-electron chi connectivity index (χ0n) is 19.0. The average Bonchev–Trinajstić information content (AvgIpc) is 2.91. The van der Waals surface area contributed by atoms with Crippen molar-refractivity contribution in [2.45, 2.75) is 77.9 Å². The van der Waals surface area contributed by atoms with Crippen molar-refractivity contribution in [3.63, 3.8) is 0 Å². The van der Waals surface area contributed by atoms with Crippen LogP contribution >= 0.6 is 0 Å². The van der Waals surface area contributed by atoms with Gasteiger partial charge in [-0.1, -0.05) is 19.9 Å². The Morgan fingerprint density at radius 1 is 1.17 bits per heavy atom. The first kappa shape index (κ1) is 23.9. The topological polar surface area (TPSA) is 101 Å². The fourth-order valence-corrected chi connectivity index (χ4v) is 8.14. The van der Waals surface area contributed by atoms with Crippen LogP contribution in [0.1, 0.15) is 73.6 Å². The molecular formula is C21H33NaO6S. The molecule has 4 rings (SSSR count). The van der Waals surface area contributed by atoms with Crippen molar-refractivity contribution in [1.82, 2.24) is 0 Å². The van der Waals surface area contributed by atoms with E-state index in [2.05, 4.69) is 24.1 Å². The van der Waals surface area contributed by atoms with E-state index in [0.29, 0.717) is 24.2 Å². The molecule has 0 spiro atoms. The van der Waals surface area contributed by atoms with Gasteiger partial charge in [-0.25, -0.2) is 4.18 Å². The summed E-state index contributed by atoms with van der Waals surface area (Å²) in [7, 11) is -4.69. The maximum Gasteiger partial charge on any atom is 1.00 e. The summed E-state index contributed by atoms with van der Waals surface area (Å²) in [5, 5.41) is 10.6. The number of hydrogen-bond donors (Lipinski definition) is 2. The van der Waals surface area contributed by atoms with Gasteiger partial charge in [0.05, 0.1) is 0 Å². The van der Waals surface area contributed by atoms with Gasteiger partial charge < -0.3 is 6.53 Å². The minimum absolute atomic E-state index is 0. The first-order chi connectivity index (χ1) is 12.9. The molecule has 3 fully saturated rings. The monoisotopic (exact) mass is 436 g/mol. The minimum atomic E-state index is -4.69. The first-order valence-electron chi connectivity index (χ1n) is 10.5. The fraction of sp³-hybridized carbons (Fsp3) is 0.857. The van der Waals surface area contributed by atoms with E-state index in [0.717, 1.165) is 37.7 Å². The van der Waals surface area contributed by atoms with Crippen LogP contribution in [0.3, 0.4) is 0 Å². The third kappa shape index (κ3) is 3.94. The van der Waals surface area contributed by atoms with Crippen LogP contribution in [-0.2, 0) is 19.4 Å². The van der Waals surface area contributed by atoms with E-state index in [1.54, 1.807) is 6.92 Å². The van der Waals surface area contributed by atoms with Crippen molar-refractivity contribution in [3.8, 4) is 0 Å². The summed E-state index contributed by atoms with van der Waals surface area (Å²) in [5.41, 5.74) is 1.03. The van der Waals surface area contributed by atoms with Gasteiger partial charge >= 0.3 is 40.0 Å². The molecule has 0 heterocycles. The van der Waals surface area contributed by atoms with Gasteiger partial charge in [-0.3, -0.25) is 9.35 Å². The second-order valence-corrected chi connectivity index (χ2v) is 11.2. The maximum absolute atomic E-state index is 12.2. The third-order valence-corrected chi connectivity index (χ3v) is 9.43. The number of carbonyl (C=O) groups excluding carboxylic acids is 1. The SMILES string of the molecule is CC(=O)C1=CCC2[C@H]3CC[C@H]4C[C@](O)(OS(=O)(=O)O)CC[C@]4(C)[C@@H]3CC[C@]12C.[H-].[Na+]. The van der Waals surface area contributed by atoms with E-state index in [9.17, 15) is 18.3 Å². The molecule has 0 aliphatic heterocycles. The smallest absolute Gasteiger partial charge is 1.00 e. The molecule has 160 valence electrons. The normalized spacial score (nSPS) is 46.6. The molecule has 6 nitrogen and oxygen atoms in total. The van der Waals surface area contributed by atoms with Crippen LogP contribution in [0.25, 0.3) is 0 Å². The Kier molecular flexibility index (Phi) is 6.33. The second kappa shape index (κ2) is 7.68. The average molecular weight is 437 g/mol. The number of allylic oxidation sites excluding steroid dienone is 2. The first-order valence-corrected chi connectivity index (χ1v) is 11.9. The molecule has 0 bridgehead atoms. The van der Waals surface area contributed by atoms with Gasteiger partial charge in [-0.05, 0) is 85.5 Å². The number of rotatable bonds is 3. The number of hydrogen-bond acceptors (Lipinski definition) is 5. The van der Waals surface area contributed by atoms with Gasteiger partial charge in [-0.2, -0.15) is 8.42 Å². The molecule has 29 heavy (non-hydrogen) atoms. The molecule has 3 saturated carbocycles. The molecule has 7 atom stereocenters. The molecule has 0 radical (unpaired) electrons. The number of Topliss-reactive ketones (excluding diaryl/α,β-unsaturated/α-hetero) is 1. The van der Waals surface area contributed by atoms with E-state index in [1.807, 2.05) is 0 Å². The number of ketones is 1. The fourth-order valence-electron chi connectivity index (χ4n) is 7.60. The summed E-state index contributed by atoms with van der Waals surface area (Å²) in [6.07, 6.45) is 8.30. The molecule has 0 amide bonds. The minimum Gasteiger partial charge on any atom is -1.00 e. The largest absolute Gasteiger partial charge is 1.00 e. The van der Waals surface area contributed by atoms with Crippen LogP contribution in [0.2, 0.25) is 0 Å². The molecular weight excluding hydrogens is 403 g/mol. The summed E-state index contributed by atoms with van der Waals surface area (Å²) >= 11 is 0. The standard InChI is InChI=1S/C21H32O6S.Na.H/c1-13(22)16-6-7-17-15-5-4-14-12-21(23,27-28(24,25)26)11-10-19(14,2)18(15)8-9-20(16,17)3;;/h6,14-15,17-18,23H,4-5,7-12H2,1-3H3,(H,24,25,26);;/q;+1;-1/t14-,15+,17?,18+,19-,20+,21+;;/m0../s1. The van der Waals surface area contributed by atoms with E-state index >= 15 is 0 Å². The molecule has 8 heteroatoms. The van der Waals surface area contributed by atoms with Crippen LogP contribution < -0.4 is 29.6 Å². The van der Waals surface area contributed by atoms with Crippen molar-refractivity contribution in [3.05, 3.63) is 11.6 Å². The van der Waals surface area contributed by atoms with Gasteiger partial charge in [0.15, 0.2) is 11.6 Å². The van der Waals surface area contributed by atoms with E-state index in [-0.39, 0.29) is 66.4 Å². The van der Waals surface area contributed by atoms with Crippen LogP contribution in [0.15, 0.2) is 11.6 Å². The van der Waals surface area contributed by atoms with Crippen LogP contribution in [0.5, 0.6) is 0 Å². The van der Waals surface area contributed by atoms with Gasteiger partial charge in [0.2, 0.25) is 0 Å². The van der Waals surface area contributed by atoms with Gasteiger partial charge in [0.25, 0.3) is 0 Å². The zero-order valence-corrected chi connectivity index (χ0v) is 20.8. The summed E-state index contributed by atoms with van der Waals surface area (Å²) in [4.78, 5) is 12.2. The summed E-state index contributed by atoms with van der Waals surface area (Å²) < 4.78 is 36.0.